The molecule has 0 amide bonds. The molecule has 0 aliphatic carbocycles. The highest BCUT2D eigenvalue weighted by molar-refractivity contribution is 5.80. The molecule has 0 aromatic carbocycles. The van der Waals surface area contributed by atoms with Crippen molar-refractivity contribution < 1.29 is 0 Å². The zero-order valence-corrected chi connectivity index (χ0v) is 14.7. The van der Waals surface area contributed by atoms with E-state index in [1.54, 1.807) is 4.52 Å². The van der Waals surface area contributed by atoms with Crippen LogP contribution in [0.15, 0.2) is 18.3 Å². The van der Waals surface area contributed by atoms with E-state index < -0.39 is 0 Å². The molecule has 7 nitrogen and oxygen atoms in total. The third kappa shape index (κ3) is 3.11. The van der Waals surface area contributed by atoms with Crippen LogP contribution in [-0.4, -0.2) is 26.1 Å². The molecule has 0 saturated heterocycles. The average molecular weight is 335 g/mol. The van der Waals surface area contributed by atoms with Gasteiger partial charge in [-0.25, -0.2) is 14.3 Å². The number of rotatable bonds is 5. The van der Waals surface area contributed by atoms with Crippen molar-refractivity contribution in [3.63, 3.8) is 0 Å². The summed E-state index contributed by atoms with van der Waals surface area (Å²) in [6, 6.07) is 4.05. The second-order valence-corrected chi connectivity index (χ2v) is 5.96. The minimum Gasteiger partial charge on any atom is -0.392 e. The molecule has 0 aliphatic rings. The lowest BCUT2D eigenvalue weighted by molar-refractivity contribution is 0.921. The molecule has 3 N–H and O–H groups in total. The van der Waals surface area contributed by atoms with Crippen LogP contribution < -0.4 is 11.1 Å². The molecule has 0 unspecified atom stereocenters. The predicted octanol–water partition coefficient (Wildman–Crippen LogP) is 3.09. The van der Waals surface area contributed by atoms with Gasteiger partial charge in [-0.3, -0.25) is 4.98 Å². The first-order valence-electron chi connectivity index (χ1n) is 8.25. The lowest BCUT2D eigenvalue weighted by Gasteiger charge is -2.11. The molecule has 0 spiro atoms. The Balaban J connectivity index is 1.89. The van der Waals surface area contributed by atoms with Crippen molar-refractivity contribution in [1.82, 2.24) is 19.6 Å². The molecule has 3 aromatic heterocycles. The molecule has 0 bridgehead atoms. The Bertz CT molecular complexity index is 948. The van der Waals surface area contributed by atoms with Crippen molar-refractivity contribution in [2.75, 3.05) is 17.6 Å². The number of nitrogens with one attached hydrogen (secondary N) is 1. The summed E-state index contributed by atoms with van der Waals surface area (Å²) >= 11 is 0. The van der Waals surface area contributed by atoms with E-state index in [1.165, 1.54) is 0 Å². The van der Waals surface area contributed by atoms with E-state index in [-0.39, 0.29) is 0 Å². The Kier molecular flexibility index (Phi) is 4.52. The smallest absolute Gasteiger partial charge is 0.268 e. The first-order valence-corrected chi connectivity index (χ1v) is 8.25. The van der Waals surface area contributed by atoms with Crippen molar-refractivity contribution in [2.45, 2.75) is 33.6 Å². The van der Waals surface area contributed by atoms with E-state index >= 15 is 0 Å². The number of hydrogen-bond donors (Lipinski definition) is 2. The van der Waals surface area contributed by atoms with Gasteiger partial charge in [-0.1, -0.05) is 13.0 Å². The van der Waals surface area contributed by atoms with Crippen molar-refractivity contribution in [2.24, 2.45) is 0 Å². The van der Waals surface area contributed by atoms with E-state index in [1.807, 2.05) is 32.2 Å². The van der Waals surface area contributed by atoms with Gasteiger partial charge in [-0.05, 0) is 31.9 Å². The second-order valence-electron chi connectivity index (χ2n) is 5.96. The molecule has 0 radical (unpaired) electrons. The van der Waals surface area contributed by atoms with E-state index in [0.717, 1.165) is 35.4 Å². The molecular formula is C18H21N7. The monoisotopic (exact) mass is 335 g/mol. The molecule has 3 aromatic rings. The number of pyridine rings is 1. The third-order valence-electron chi connectivity index (χ3n) is 4.18. The van der Waals surface area contributed by atoms with Crippen molar-refractivity contribution in [1.29, 1.82) is 0 Å². The summed E-state index contributed by atoms with van der Waals surface area (Å²) in [6.45, 7) is 14.1. The highest BCUT2D eigenvalue weighted by atomic mass is 15.3. The lowest BCUT2D eigenvalue weighted by Crippen LogP contribution is -2.10. The van der Waals surface area contributed by atoms with E-state index in [2.05, 4.69) is 32.2 Å². The van der Waals surface area contributed by atoms with Gasteiger partial charge in [-0.2, -0.15) is 5.10 Å². The van der Waals surface area contributed by atoms with Crippen LogP contribution in [0.5, 0.6) is 0 Å². The number of nitrogen functional groups attached to an aromatic ring is 1. The first kappa shape index (κ1) is 16.7. The Labute approximate surface area is 146 Å². The summed E-state index contributed by atoms with van der Waals surface area (Å²) in [5.41, 5.74) is 11.2. The highest BCUT2D eigenvalue weighted by Gasteiger charge is 2.18. The van der Waals surface area contributed by atoms with Gasteiger partial charge >= 0.3 is 0 Å². The Hall–Kier alpha value is -3.14. The maximum absolute atomic E-state index is 7.44. The van der Waals surface area contributed by atoms with Crippen LogP contribution in [0, 0.1) is 20.4 Å². The first-order chi connectivity index (χ1) is 12.0. The van der Waals surface area contributed by atoms with Crippen LogP contribution in [0.2, 0.25) is 0 Å². The van der Waals surface area contributed by atoms with E-state index in [9.17, 15) is 0 Å². The van der Waals surface area contributed by atoms with Crippen LogP contribution in [0.25, 0.3) is 10.5 Å². The van der Waals surface area contributed by atoms with Crippen LogP contribution in [0.4, 0.5) is 17.3 Å². The van der Waals surface area contributed by atoms with Gasteiger partial charge in [0.25, 0.3) is 5.69 Å². The molecule has 128 valence electrons. The van der Waals surface area contributed by atoms with Gasteiger partial charge < -0.3 is 11.1 Å². The largest absolute Gasteiger partial charge is 0.392 e. The summed E-state index contributed by atoms with van der Waals surface area (Å²) in [5.74, 6) is 0.820. The van der Waals surface area contributed by atoms with Crippen molar-refractivity contribution in [3.8, 4) is 0 Å². The molecule has 7 heteroatoms. The highest BCUT2D eigenvalue weighted by Crippen LogP contribution is 2.32. The molecule has 3 rings (SSSR count). The SMILES string of the molecule is [C-]#[N+]c1c(NCCc2ccc(C)cn2)nc2c(CC)c(C)nn2c1N. The van der Waals surface area contributed by atoms with E-state index in [0.29, 0.717) is 29.5 Å². The Morgan fingerprint density at radius 3 is 2.76 bits per heavy atom. The molecule has 3 heterocycles. The quantitative estimate of drug-likeness (QED) is 0.700. The lowest BCUT2D eigenvalue weighted by atomic mass is 10.2. The number of nitrogens with two attached hydrogens (primary N) is 1. The van der Waals surface area contributed by atoms with Gasteiger partial charge in [0.2, 0.25) is 0 Å². The van der Waals surface area contributed by atoms with Gasteiger partial charge in [-0.15, -0.1) is 0 Å². The Morgan fingerprint density at radius 1 is 1.32 bits per heavy atom. The zero-order valence-electron chi connectivity index (χ0n) is 14.7. The third-order valence-corrected chi connectivity index (χ3v) is 4.18. The molecule has 0 fully saturated rings. The van der Waals surface area contributed by atoms with Crippen molar-refractivity contribution in [3.05, 3.63) is 52.3 Å². The topological polar surface area (TPSA) is 85.5 Å². The summed E-state index contributed by atoms with van der Waals surface area (Å²) in [7, 11) is 0. The predicted molar refractivity (Wildman–Crippen MR) is 98.9 cm³/mol. The molecule has 0 atom stereocenters. The number of fused-ring (bicyclic) bond motifs is 1. The second kappa shape index (κ2) is 6.77. The standard InChI is InChI=1S/C18H21N7/c1-5-14-12(3)24-25-16(19)15(20-4)17(23-18(14)25)21-9-8-13-7-6-11(2)10-22-13/h6-7,10H,5,8-9,19H2,1-3H3,(H,21,23). The van der Waals surface area contributed by atoms with Gasteiger partial charge in [0.15, 0.2) is 5.65 Å². The maximum atomic E-state index is 7.44. The van der Waals surface area contributed by atoms with Crippen LogP contribution >= 0.6 is 0 Å². The zero-order chi connectivity index (χ0) is 18.0. The number of aryl methyl sites for hydroxylation is 3. The molecule has 25 heavy (non-hydrogen) atoms. The van der Waals surface area contributed by atoms with Crippen molar-refractivity contribution >= 4 is 23.0 Å². The van der Waals surface area contributed by atoms with Gasteiger partial charge in [0.1, 0.15) is 11.6 Å². The Morgan fingerprint density at radius 2 is 2.12 bits per heavy atom. The minimum absolute atomic E-state index is 0.300. The summed E-state index contributed by atoms with van der Waals surface area (Å²) in [4.78, 5) is 12.6. The van der Waals surface area contributed by atoms with Crippen LogP contribution in [0.3, 0.4) is 0 Å². The summed E-state index contributed by atoms with van der Waals surface area (Å²) in [6.07, 6.45) is 3.40. The summed E-state index contributed by atoms with van der Waals surface area (Å²) < 4.78 is 1.56. The number of aromatic nitrogens is 4. The fraction of sp³-hybridized carbons (Fsp3) is 0.333. The molecule has 0 saturated carbocycles. The summed E-state index contributed by atoms with van der Waals surface area (Å²) in [5, 5.41) is 7.65. The number of nitrogens with zero attached hydrogens (tertiary/aromatic N) is 5. The van der Waals surface area contributed by atoms with Crippen LogP contribution in [-0.2, 0) is 12.8 Å². The maximum Gasteiger partial charge on any atom is 0.268 e. The molecule has 0 aliphatic heterocycles. The average Bonchev–Trinajstić information content (AvgIpc) is 2.92. The fourth-order valence-electron chi connectivity index (χ4n) is 2.81. The van der Waals surface area contributed by atoms with Crippen LogP contribution in [0.1, 0.15) is 29.4 Å². The van der Waals surface area contributed by atoms with E-state index in [4.69, 9.17) is 12.3 Å². The van der Waals surface area contributed by atoms with Gasteiger partial charge in [0.05, 0.1) is 12.3 Å². The number of anilines is 2. The van der Waals surface area contributed by atoms with Gasteiger partial charge in [0, 0.05) is 30.4 Å². The number of hydrogen-bond acceptors (Lipinski definition) is 5. The minimum atomic E-state index is 0.300. The fourth-order valence-corrected chi connectivity index (χ4v) is 2.81. The normalized spacial score (nSPS) is 10.8. The molecular weight excluding hydrogens is 314 g/mol.